The maximum absolute atomic E-state index is 12.8. The molecule has 1 aliphatic heterocycles. The number of hydrogen-bond donors (Lipinski definition) is 1. The number of rotatable bonds is 8. The largest absolute Gasteiger partial charge is 0.465 e. The van der Waals surface area contributed by atoms with Gasteiger partial charge in [-0.25, -0.2) is 13.2 Å². The highest BCUT2D eigenvalue weighted by atomic mass is 35.5. The van der Waals surface area contributed by atoms with Crippen LogP contribution in [-0.4, -0.2) is 79.2 Å². The minimum atomic E-state index is -3.96. The number of carbonyl (C=O) groups excluding carboxylic acids is 1. The molecule has 192 valence electrons. The highest BCUT2D eigenvalue weighted by molar-refractivity contribution is 7.89. The van der Waals surface area contributed by atoms with Crippen molar-refractivity contribution >= 4 is 62.7 Å². The molecule has 3 rings (SSSR count). The summed E-state index contributed by atoms with van der Waals surface area (Å²) in [6.45, 7) is 0.970. The van der Waals surface area contributed by atoms with Crippen LogP contribution in [-0.2, 0) is 21.4 Å². The molecule has 0 aliphatic carbocycles. The van der Waals surface area contributed by atoms with Gasteiger partial charge in [-0.3, -0.25) is 14.7 Å². The van der Waals surface area contributed by atoms with Crippen molar-refractivity contribution in [3.63, 3.8) is 0 Å². The Kier molecular flexibility index (Phi) is 9.02. The molecule has 0 bridgehead atoms. The van der Waals surface area contributed by atoms with Gasteiger partial charge >= 0.3 is 6.09 Å². The van der Waals surface area contributed by atoms with Crippen LogP contribution in [0.5, 0.6) is 0 Å². The number of carboxylic acid groups (broad SMARTS) is 1. The second kappa shape index (κ2) is 11.6. The molecule has 1 aliphatic rings. The molecule has 0 radical (unpaired) electrons. The number of hydrogen-bond acceptors (Lipinski definition) is 5. The second-order valence-corrected chi connectivity index (χ2v) is 11.1. The molecule has 0 aromatic heterocycles. The molecule has 0 unspecified atom stereocenters. The fourth-order valence-corrected chi connectivity index (χ4v) is 5.46. The van der Waals surface area contributed by atoms with E-state index in [0.29, 0.717) is 31.0 Å². The van der Waals surface area contributed by atoms with E-state index in [-0.39, 0.29) is 32.4 Å². The Morgan fingerprint density at radius 3 is 2.39 bits per heavy atom. The molecule has 2 aromatic carbocycles. The zero-order valence-corrected chi connectivity index (χ0v) is 22.4. The van der Waals surface area contributed by atoms with Crippen LogP contribution in [0.3, 0.4) is 0 Å². The highest BCUT2D eigenvalue weighted by Crippen LogP contribution is 2.35. The van der Waals surface area contributed by atoms with Crippen LogP contribution in [0.1, 0.15) is 11.1 Å². The Hall–Kier alpha value is -2.63. The fourth-order valence-electron chi connectivity index (χ4n) is 3.39. The van der Waals surface area contributed by atoms with Crippen LogP contribution in [0.25, 0.3) is 0 Å². The quantitative estimate of drug-likeness (QED) is 0.376. The third-order valence-corrected chi connectivity index (χ3v) is 8.66. The lowest BCUT2D eigenvalue weighted by Gasteiger charge is -2.18. The molecule has 13 heteroatoms. The summed E-state index contributed by atoms with van der Waals surface area (Å²) in [5.74, 6) is 0.0808. The van der Waals surface area contributed by atoms with Crippen molar-refractivity contribution in [2.24, 2.45) is 4.99 Å². The van der Waals surface area contributed by atoms with Crippen molar-refractivity contribution in [1.29, 1.82) is 0 Å². The van der Waals surface area contributed by atoms with Gasteiger partial charge in [0.25, 0.3) is 0 Å². The van der Waals surface area contributed by atoms with Crippen LogP contribution in [0.2, 0.25) is 15.1 Å². The van der Waals surface area contributed by atoms with E-state index in [1.807, 2.05) is 0 Å². The van der Waals surface area contributed by atoms with Crippen molar-refractivity contribution in [1.82, 2.24) is 14.1 Å². The van der Waals surface area contributed by atoms with Gasteiger partial charge in [-0.2, -0.15) is 4.31 Å². The van der Waals surface area contributed by atoms with E-state index in [9.17, 15) is 23.1 Å². The van der Waals surface area contributed by atoms with Crippen LogP contribution in [0.15, 0.2) is 58.4 Å². The summed E-state index contributed by atoms with van der Waals surface area (Å²) in [5.41, 5.74) is 1.51. The summed E-state index contributed by atoms with van der Waals surface area (Å²) in [4.78, 5) is 30.5. The second-order valence-electron chi connectivity index (χ2n) is 7.89. The summed E-state index contributed by atoms with van der Waals surface area (Å²) in [6, 6.07) is 9.74. The molecule has 0 saturated heterocycles. The first-order chi connectivity index (χ1) is 16.9. The Morgan fingerprint density at radius 1 is 1.08 bits per heavy atom. The van der Waals surface area contributed by atoms with Gasteiger partial charge in [-0.1, -0.05) is 65.1 Å². The van der Waals surface area contributed by atoms with Crippen LogP contribution in [0, 0.1) is 0 Å². The lowest BCUT2D eigenvalue weighted by Crippen LogP contribution is -2.33. The summed E-state index contributed by atoms with van der Waals surface area (Å²) >= 11 is 17.9. The first kappa shape index (κ1) is 27.9. The molecule has 0 spiro atoms. The van der Waals surface area contributed by atoms with Gasteiger partial charge in [0.05, 0.1) is 28.2 Å². The van der Waals surface area contributed by atoms with E-state index in [1.165, 1.54) is 41.1 Å². The number of aliphatic imine (C=N–C) groups is 1. The Morgan fingerprint density at radius 2 is 1.75 bits per heavy atom. The molecule has 36 heavy (non-hydrogen) atoms. The van der Waals surface area contributed by atoms with Crippen molar-refractivity contribution in [3.05, 3.63) is 74.7 Å². The third kappa shape index (κ3) is 6.19. The number of benzene rings is 2. The predicted molar refractivity (Wildman–Crippen MR) is 139 cm³/mol. The standard InChI is InChI=1S/C23H23Cl3N4O5S/c1-28(14-15-5-7-16(8-6-15)22-27-11-13-30(22)23(32)33)19(31)4-3-12-29(2)36(34,35)18-10-9-17(24)20(25)21(18)26/h3-10H,11-14H2,1-2H3,(H,32,33)/b4-3+. The molecule has 0 saturated carbocycles. The number of halogens is 3. The molecule has 1 N–H and O–H groups in total. The number of amides is 2. The van der Waals surface area contributed by atoms with Gasteiger partial charge in [0.2, 0.25) is 15.9 Å². The zero-order chi connectivity index (χ0) is 26.6. The van der Waals surface area contributed by atoms with Gasteiger partial charge in [0.1, 0.15) is 10.7 Å². The van der Waals surface area contributed by atoms with E-state index < -0.39 is 16.1 Å². The number of likely N-dealkylation sites (N-methyl/N-ethyl adjacent to an activating group) is 2. The van der Waals surface area contributed by atoms with E-state index in [2.05, 4.69) is 4.99 Å². The Balaban J connectivity index is 1.59. The summed E-state index contributed by atoms with van der Waals surface area (Å²) < 4.78 is 26.7. The van der Waals surface area contributed by atoms with Crippen molar-refractivity contribution in [2.75, 3.05) is 33.7 Å². The molecule has 1 heterocycles. The van der Waals surface area contributed by atoms with Crippen LogP contribution in [0.4, 0.5) is 4.79 Å². The Labute approximate surface area is 224 Å². The van der Waals surface area contributed by atoms with Crippen molar-refractivity contribution in [2.45, 2.75) is 11.4 Å². The van der Waals surface area contributed by atoms with Gasteiger partial charge in [0.15, 0.2) is 0 Å². The van der Waals surface area contributed by atoms with Gasteiger partial charge in [0, 0.05) is 38.8 Å². The van der Waals surface area contributed by atoms with E-state index in [4.69, 9.17) is 34.8 Å². The van der Waals surface area contributed by atoms with E-state index in [1.54, 1.807) is 31.3 Å². The molecule has 2 aromatic rings. The minimum Gasteiger partial charge on any atom is -0.465 e. The molecule has 9 nitrogen and oxygen atoms in total. The lowest BCUT2D eigenvalue weighted by atomic mass is 10.1. The van der Waals surface area contributed by atoms with Gasteiger partial charge in [-0.15, -0.1) is 0 Å². The maximum Gasteiger partial charge on any atom is 0.413 e. The molecular formula is C23H23Cl3N4O5S. The zero-order valence-electron chi connectivity index (χ0n) is 19.4. The van der Waals surface area contributed by atoms with Crippen LogP contribution >= 0.6 is 34.8 Å². The summed E-state index contributed by atoms with van der Waals surface area (Å²) in [7, 11) is -0.994. The average molecular weight is 574 g/mol. The number of nitrogens with zero attached hydrogens (tertiary/aromatic N) is 4. The topological polar surface area (TPSA) is 111 Å². The normalized spacial score (nSPS) is 13.9. The molecular weight excluding hydrogens is 551 g/mol. The lowest BCUT2D eigenvalue weighted by molar-refractivity contribution is -0.125. The SMILES string of the molecule is CN(Cc1ccc(C2=NCCN2C(=O)O)cc1)C(=O)/C=C/CN(C)S(=O)(=O)c1ccc(Cl)c(Cl)c1Cl. The smallest absolute Gasteiger partial charge is 0.413 e. The minimum absolute atomic E-state index is 0.0522. The van der Waals surface area contributed by atoms with Gasteiger partial charge < -0.3 is 10.0 Å². The van der Waals surface area contributed by atoms with Gasteiger partial charge in [-0.05, 0) is 17.7 Å². The van der Waals surface area contributed by atoms with Crippen molar-refractivity contribution in [3.8, 4) is 0 Å². The third-order valence-electron chi connectivity index (χ3n) is 5.39. The number of sulfonamides is 1. The molecule has 0 fully saturated rings. The van der Waals surface area contributed by atoms with E-state index >= 15 is 0 Å². The fraction of sp³-hybridized carbons (Fsp3) is 0.261. The number of amidine groups is 1. The predicted octanol–water partition coefficient (Wildman–Crippen LogP) is 4.22. The molecule has 2 amide bonds. The Bertz CT molecular complexity index is 1330. The van der Waals surface area contributed by atoms with Crippen molar-refractivity contribution < 1.29 is 23.1 Å². The molecule has 0 atom stereocenters. The first-order valence-electron chi connectivity index (χ1n) is 10.6. The average Bonchev–Trinajstić information content (AvgIpc) is 3.33. The first-order valence-corrected chi connectivity index (χ1v) is 13.2. The monoisotopic (exact) mass is 572 g/mol. The summed E-state index contributed by atoms with van der Waals surface area (Å²) in [6.07, 6.45) is 1.67. The maximum atomic E-state index is 12.8. The van der Waals surface area contributed by atoms with E-state index in [0.717, 1.165) is 9.87 Å². The summed E-state index contributed by atoms with van der Waals surface area (Å²) in [5, 5.41) is 9.18. The van der Waals surface area contributed by atoms with Crippen LogP contribution < -0.4 is 0 Å². The highest BCUT2D eigenvalue weighted by Gasteiger charge is 2.26. The number of carbonyl (C=O) groups is 2.